The van der Waals surface area contributed by atoms with Crippen LogP contribution in [0, 0.1) is 20.8 Å². The SMILES string of the molecule is Cc1cccc(N[C@H](c2cccs2)c2c(NC(=O)c3ccco3)sc(C)c2C)n1. The van der Waals surface area contributed by atoms with Crippen molar-refractivity contribution in [2.45, 2.75) is 26.8 Å². The third-order valence-corrected chi connectivity index (χ3v) is 6.78. The highest BCUT2D eigenvalue weighted by atomic mass is 32.1. The number of anilines is 2. The molecule has 0 unspecified atom stereocenters. The fraction of sp³-hybridized carbons (Fsp3) is 0.182. The molecule has 4 aromatic rings. The van der Waals surface area contributed by atoms with E-state index in [4.69, 9.17) is 4.42 Å². The number of rotatable bonds is 6. The molecule has 1 atom stereocenters. The Morgan fingerprint density at radius 3 is 2.66 bits per heavy atom. The maximum atomic E-state index is 12.6. The summed E-state index contributed by atoms with van der Waals surface area (Å²) < 4.78 is 5.25. The highest BCUT2D eigenvalue weighted by Crippen LogP contribution is 2.42. The molecule has 0 aliphatic heterocycles. The molecular formula is C22H21N3O2S2. The number of carbonyl (C=O) groups is 1. The standard InChI is InChI=1S/C22H21N3O2S2/c1-13-7-4-10-18(23-13)24-20(17-9-6-12-28-17)19-14(2)15(3)29-22(19)25-21(26)16-8-5-11-27-16/h4-12,20H,1-3H3,(H,23,24)(H,25,26)/t20-/m1/s1. The zero-order valence-corrected chi connectivity index (χ0v) is 18.0. The number of nitrogens with zero attached hydrogens (tertiary/aromatic N) is 1. The average Bonchev–Trinajstić information content (AvgIpc) is 3.44. The maximum Gasteiger partial charge on any atom is 0.291 e. The Balaban J connectivity index is 1.75. The summed E-state index contributed by atoms with van der Waals surface area (Å²) in [6.07, 6.45) is 1.50. The van der Waals surface area contributed by atoms with Crippen LogP contribution < -0.4 is 10.6 Å². The van der Waals surface area contributed by atoms with Crippen molar-refractivity contribution in [3.05, 3.63) is 86.4 Å². The molecule has 2 N–H and O–H groups in total. The van der Waals surface area contributed by atoms with Gasteiger partial charge in [0.25, 0.3) is 5.91 Å². The van der Waals surface area contributed by atoms with E-state index in [9.17, 15) is 4.79 Å². The van der Waals surface area contributed by atoms with E-state index in [1.807, 2.05) is 31.2 Å². The van der Waals surface area contributed by atoms with E-state index in [0.29, 0.717) is 5.76 Å². The lowest BCUT2D eigenvalue weighted by molar-refractivity contribution is 0.0997. The van der Waals surface area contributed by atoms with Crippen molar-refractivity contribution in [3.63, 3.8) is 0 Å². The number of hydrogen-bond acceptors (Lipinski definition) is 6. The van der Waals surface area contributed by atoms with Gasteiger partial charge in [-0.2, -0.15) is 0 Å². The van der Waals surface area contributed by atoms with Gasteiger partial charge in [-0.3, -0.25) is 4.79 Å². The van der Waals surface area contributed by atoms with Gasteiger partial charge in [0.05, 0.1) is 12.3 Å². The summed E-state index contributed by atoms with van der Waals surface area (Å²) in [6, 6.07) is 13.3. The summed E-state index contributed by atoms with van der Waals surface area (Å²) in [5.41, 5.74) is 3.16. The Kier molecular flexibility index (Phi) is 5.51. The molecule has 0 aromatic carbocycles. The molecule has 0 bridgehead atoms. The quantitative estimate of drug-likeness (QED) is 0.389. The molecule has 0 saturated heterocycles. The van der Waals surface area contributed by atoms with Crippen LogP contribution in [0.2, 0.25) is 0 Å². The first kappa shape index (κ1) is 19.4. The molecule has 29 heavy (non-hydrogen) atoms. The lowest BCUT2D eigenvalue weighted by Crippen LogP contribution is -2.17. The number of aryl methyl sites for hydroxylation is 2. The summed E-state index contributed by atoms with van der Waals surface area (Å²) in [7, 11) is 0. The first-order chi connectivity index (χ1) is 14.0. The van der Waals surface area contributed by atoms with Crippen LogP contribution in [-0.2, 0) is 0 Å². The van der Waals surface area contributed by atoms with Crippen molar-refractivity contribution in [2.75, 3.05) is 10.6 Å². The fourth-order valence-electron chi connectivity index (χ4n) is 3.17. The summed E-state index contributed by atoms with van der Waals surface area (Å²) in [5.74, 6) is 0.840. The third-order valence-electron chi connectivity index (χ3n) is 4.70. The van der Waals surface area contributed by atoms with Crippen LogP contribution >= 0.6 is 22.7 Å². The van der Waals surface area contributed by atoms with E-state index in [1.54, 1.807) is 34.8 Å². The minimum Gasteiger partial charge on any atom is -0.459 e. The average molecular weight is 424 g/mol. The van der Waals surface area contributed by atoms with Crippen LogP contribution in [0.1, 0.15) is 43.2 Å². The Hall–Kier alpha value is -2.90. The van der Waals surface area contributed by atoms with Gasteiger partial charge >= 0.3 is 0 Å². The molecular weight excluding hydrogens is 402 g/mol. The van der Waals surface area contributed by atoms with E-state index in [-0.39, 0.29) is 11.9 Å². The van der Waals surface area contributed by atoms with Gasteiger partial charge in [-0.05, 0) is 62.0 Å². The van der Waals surface area contributed by atoms with Gasteiger partial charge in [-0.15, -0.1) is 22.7 Å². The van der Waals surface area contributed by atoms with Crippen LogP contribution in [0.15, 0.2) is 58.5 Å². The van der Waals surface area contributed by atoms with Gasteiger partial charge in [0.1, 0.15) is 10.8 Å². The monoisotopic (exact) mass is 423 g/mol. The summed E-state index contributed by atoms with van der Waals surface area (Å²) in [5, 5.41) is 9.49. The molecule has 7 heteroatoms. The second-order valence-corrected chi connectivity index (χ2v) is 8.92. The van der Waals surface area contributed by atoms with Crippen molar-refractivity contribution in [2.24, 2.45) is 0 Å². The van der Waals surface area contributed by atoms with Crippen LogP contribution in [0.4, 0.5) is 10.8 Å². The molecule has 4 aromatic heterocycles. The van der Waals surface area contributed by atoms with Crippen LogP contribution in [0.5, 0.6) is 0 Å². The molecule has 1 amide bonds. The van der Waals surface area contributed by atoms with Crippen LogP contribution in [-0.4, -0.2) is 10.9 Å². The molecule has 4 heterocycles. The van der Waals surface area contributed by atoms with Gasteiger partial charge < -0.3 is 15.1 Å². The molecule has 0 spiro atoms. The van der Waals surface area contributed by atoms with Gasteiger partial charge in [0, 0.05) is 21.0 Å². The number of carbonyl (C=O) groups excluding carboxylic acids is 1. The Morgan fingerprint density at radius 1 is 1.10 bits per heavy atom. The number of furan rings is 1. The molecule has 0 saturated carbocycles. The summed E-state index contributed by atoms with van der Waals surface area (Å²) >= 11 is 3.25. The van der Waals surface area contributed by atoms with Gasteiger partial charge in [-0.1, -0.05) is 12.1 Å². The van der Waals surface area contributed by atoms with Crippen LogP contribution in [0.3, 0.4) is 0 Å². The number of amides is 1. The molecule has 148 valence electrons. The Labute approximate surface area is 177 Å². The highest BCUT2D eigenvalue weighted by Gasteiger charge is 2.26. The molecule has 0 radical (unpaired) electrons. The van der Waals surface area contributed by atoms with Crippen molar-refractivity contribution < 1.29 is 9.21 Å². The van der Waals surface area contributed by atoms with Crippen LogP contribution in [0.25, 0.3) is 0 Å². The molecule has 0 aliphatic carbocycles. The molecule has 4 rings (SSSR count). The smallest absolute Gasteiger partial charge is 0.291 e. The lowest BCUT2D eigenvalue weighted by Gasteiger charge is -2.21. The summed E-state index contributed by atoms with van der Waals surface area (Å²) in [6.45, 7) is 6.14. The van der Waals surface area contributed by atoms with E-state index in [0.717, 1.165) is 37.4 Å². The minimum absolute atomic E-state index is 0.124. The molecule has 0 fully saturated rings. The largest absolute Gasteiger partial charge is 0.459 e. The van der Waals surface area contributed by atoms with Crippen molar-refractivity contribution in [1.29, 1.82) is 0 Å². The van der Waals surface area contributed by atoms with E-state index in [2.05, 4.69) is 40.9 Å². The number of thiophene rings is 2. The number of aromatic nitrogens is 1. The molecule has 0 aliphatic rings. The van der Waals surface area contributed by atoms with Gasteiger partial charge in [-0.25, -0.2) is 4.98 Å². The van der Waals surface area contributed by atoms with Gasteiger partial charge in [0.15, 0.2) is 5.76 Å². The van der Waals surface area contributed by atoms with Crippen molar-refractivity contribution in [3.8, 4) is 0 Å². The highest BCUT2D eigenvalue weighted by molar-refractivity contribution is 7.16. The summed E-state index contributed by atoms with van der Waals surface area (Å²) in [4.78, 5) is 19.6. The number of nitrogens with one attached hydrogen (secondary N) is 2. The second-order valence-electron chi connectivity index (χ2n) is 6.71. The number of pyridine rings is 1. The zero-order valence-electron chi connectivity index (χ0n) is 16.4. The minimum atomic E-state index is -0.254. The predicted octanol–water partition coefficient (Wildman–Crippen LogP) is 6.18. The topological polar surface area (TPSA) is 67.2 Å². The van der Waals surface area contributed by atoms with E-state index in [1.165, 1.54) is 6.26 Å². The Morgan fingerprint density at radius 2 is 1.97 bits per heavy atom. The molecule has 5 nitrogen and oxygen atoms in total. The normalized spacial score (nSPS) is 12.0. The fourth-order valence-corrected chi connectivity index (χ4v) is 5.05. The first-order valence-electron chi connectivity index (χ1n) is 9.21. The van der Waals surface area contributed by atoms with E-state index >= 15 is 0 Å². The number of hydrogen-bond donors (Lipinski definition) is 2. The lowest BCUT2D eigenvalue weighted by atomic mass is 10.0. The van der Waals surface area contributed by atoms with Crippen molar-refractivity contribution in [1.82, 2.24) is 4.98 Å². The Bertz CT molecular complexity index is 1120. The van der Waals surface area contributed by atoms with Crippen molar-refractivity contribution >= 4 is 39.4 Å². The third kappa shape index (κ3) is 4.11. The second kappa shape index (κ2) is 8.23. The van der Waals surface area contributed by atoms with Gasteiger partial charge in [0.2, 0.25) is 0 Å². The first-order valence-corrected chi connectivity index (χ1v) is 10.9. The maximum absolute atomic E-state index is 12.6. The zero-order chi connectivity index (χ0) is 20.4. The predicted molar refractivity (Wildman–Crippen MR) is 119 cm³/mol. The van der Waals surface area contributed by atoms with E-state index < -0.39 is 0 Å².